The number of rotatable bonds is 6. The number of nitrogens with zero attached hydrogens (tertiary/aromatic N) is 4. The van der Waals surface area contributed by atoms with Crippen molar-refractivity contribution in [3.05, 3.63) is 77.7 Å². The van der Waals surface area contributed by atoms with Gasteiger partial charge in [0.05, 0.1) is 39.8 Å². The summed E-state index contributed by atoms with van der Waals surface area (Å²) in [5.74, 6) is 0.0290. The van der Waals surface area contributed by atoms with E-state index in [1.54, 1.807) is 12.1 Å². The van der Waals surface area contributed by atoms with Gasteiger partial charge in [-0.05, 0) is 74.9 Å². The smallest absolute Gasteiger partial charge is 0.280 e. The van der Waals surface area contributed by atoms with Crippen molar-refractivity contribution in [2.45, 2.75) is 37.9 Å². The molecule has 0 radical (unpaired) electrons. The number of fused-ring (bicyclic) bond motifs is 1. The van der Waals surface area contributed by atoms with Crippen LogP contribution in [0.25, 0.3) is 10.2 Å². The van der Waals surface area contributed by atoms with E-state index < -0.39 is 15.9 Å². The molecule has 0 aliphatic carbocycles. The van der Waals surface area contributed by atoms with E-state index in [4.69, 9.17) is 9.15 Å². The fourth-order valence-corrected chi connectivity index (χ4v) is 6.76. The van der Waals surface area contributed by atoms with Gasteiger partial charge in [-0.15, -0.1) is 0 Å². The quantitative estimate of drug-likeness (QED) is 0.261. The highest BCUT2D eigenvalue weighted by molar-refractivity contribution is 7.89. The van der Waals surface area contributed by atoms with Crippen molar-refractivity contribution in [2.24, 2.45) is 5.10 Å². The minimum absolute atomic E-state index is 0.117. The second-order valence-corrected chi connectivity index (χ2v) is 11.9. The standard InChI is InChI=1S/C26H26N4O5S2/c1-17-6-11-23-24(13-17)36-26(28-23)30(27-14-21-5-4-12-34-21)25(31)20-7-9-22(10-8-20)37(32,33)29-15-18(2)35-19(3)16-29/h4-14,18-19H,15-16H2,1-3H3/b27-14+. The van der Waals surface area contributed by atoms with Crippen molar-refractivity contribution in [3.63, 3.8) is 0 Å². The Kier molecular flexibility index (Phi) is 6.95. The minimum atomic E-state index is -3.73. The van der Waals surface area contributed by atoms with Gasteiger partial charge >= 0.3 is 0 Å². The van der Waals surface area contributed by atoms with E-state index in [-0.39, 0.29) is 35.8 Å². The Morgan fingerprint density at radius 2 is 1.86 bits per heavy atom. The lowest BCUT2D eigenvalue weighted by atomic mass is 10.2. The number of morpholine rings is 1. The Bertz CT molecular complexity index is 1540. The number of carbonyl (C=O) groups excluding carboxylic acids is 1. The molecule has 2 atom stereocenters. The second-order valence-electron chi connectivity index (χ2n) is 8.95. The molecule has 0 spiro atoms. The third kappa shape index (κ3) is 5.35. The number of ether oxygens (including phenoxy) is 1. The van der Waals surface area contributed by atoms with Crippen LogP contribution in [0.3, 0.4) is 0 Å². The molecule has 1 amide bonds. The van der Waals surface area contributed by atoms with Gasteiger partial charge < -0.3 is 9.15 Å². The topological polar surface area (TPSA) is 105 Å². The van der Waals surface area contributed by atoms with E-state index >= 15 is 0 Å². The summed E-state index contributed by atoms with van der Waals surface area (Å²) in [6.45, 7) is 6.24. The maximum atomic E-state index is 13.6. The lowest BCUT2D eigenvalue weighted by Gasteiger charge is -2.34. The van der Waals surface area contributed by atoms with Crippen molar-refractivity contribution in [1.29, 1.82) is 0 Å². The number of furan rings is 1. The number of anilines is 1. The Morgan fingerprint density at radius 3 is 2.54 bits per heavy atom. The van der Waals surface area contributed by atoms with Gasteiger partial charge in [0.1, 0.15) is 5.76 Å². The Labute approximate surface area is 219 Å². The molecule has 2 aromatic carbocycles. The summed E-state index contributed by atoms with van der Waals surface area (Å²) >= 11 is 1.34. The van der Waals surface area contributed by atoms with Gasteiger partial charge in [0.2, 0.25) is 15.2 Å². The third-order valence-corrected chi connectivity index (χ3v) is 8.71. The van der Waals surface area contributed by atoms with E-state index in [9.17, 15) is 13.2 Å². The normalized spacial score (nSPS) is 19.0. The number of hydrogen-bond donors (Lipinski definition) is 0. The number of sulfonamides is 1. The summed E-state index contributed by atoms with van der Waals surface area (Å²) < 4.78 is 39.8. The number of amides is 1. The van der Waals surface area contributed by atoms with Gasteiger partial charge in [-0.2, -0.15) is 14.4 Å². The predicted molar refractivity (Wildman–Crippen MR) is 143 cm³/mol. The SMILES string of the molecule is Cc1ccc2nc(N(/N=C/c3ccco3)C(=O)c3ccc(S(=O)(=O)N4CC(C)OC(C)C4)cc3)sc2c1. The van der Waals surface area contributed by atoms with Crippen LogP contribution in [-0.2, 0) is 14.8 Å². The van der Waals surface area contributed by atoms with Crippen LogP contribution in [0, 0.1) is 6.92 Å². The number of thiazole rings is 1. The van der Waals surface area contributed by atoms with Gasteiger partial charge in [-0.25, -0.2) is 13.4 Å². The lowest BCUT2D eigenvalue weighted by Crippen LogP contribution is -2.48. The fraction of sp³-hybridized carbons (Fsp3) is 0.269. The summed E-state index contributed by atoms with van der Waals surface area (Å²) in [6, 6.07) is 15.2. The number of hydrazone groups is 1. The first-order chi connectivity index (χ1) is 17.7. The minimum Gasteiger partial charge on any atom is -0.463 e. The van der Waals surface area contributed by atoms with Crippen molar-refractivity contribution in [1.82, 2.24) is 9.29 Å². The van der Waals surface area contributed by atoms with Crippen LogP contribution < -0.4 is 5.01 Å². The molecule has 11 heteroatoms. The molecule has 37 heavy (non-hydrogen) atoms. The number of hydrogen-bond acceptors (Lipinski definition) is 8. The van der Waals surface area contributed by atoms with Crippen LogP contribution in [0.2, 0.25) is 0 Å². The molecule has 1 aliphatic heterocycles. The largest absolute Gasteiger partial charge is 0.463 e. The van der Waals surface area contributed by atoms with Crippen LogP contribution in [0.1, 0.15) is 35.5 Å². The number of carbonyl (C=O) groups is 1. The zero-order valence-electron chi connectivity index (χ0n) is 20.6. The molecule has 9 nitrogen and oxygen atoms in total. The molecule has 2 unspecified atom stereocenters. The monoisotopic (exact) mass is 538 g/mol. The first-order valence-electron chi connectivity index (χ1n) is 11.8. The maximum absolute atomic E-state index is 13.6. The van der Waals surface area contributed by atoms with E-state index in [0.29, 0.717) is 10.9 Å². The van der Waals surface area contributed by atoms with Crippen molar-refractivity contribution < 1.29 is 22.4 Å². The van der Waals surface area contributed by atoms with Crippen molar-refractivity contribution in [3.8, 4) is 0 Å². The van der Waals surface area contributed by atoms with Gasteiger partial charge in [-0.1, -0.05) is 17.4 Å². The molecule has 1 fully saturated rings. The molecule has 0 bridgehead atoms. The highest BCUT2D eigenvalue weighted by Crippen LogP contribution is 2.31. The van der Waals surface area contributed by atoms with Crippen LogP contribution in [0.5, 0.6) is 0 Å². The maximum Gasteiger partial charge on any atom is 0.280 e. The molecule has 1 saturated heterocycles. The highest BCUT2D eigenvalue weighted by atomic mass is 32.2. The molecule has 0 saturated carbocycles. The number of benzene rings is 2. The average molecular weight is 539 g/mol. The van der Waals surface area contributed by atoms with Crippen LogP contribution in [-0.4, -0.2) is 55.1 Å². The molecule has 1 aliphatic rings. The Morgan fingerprint density at radius 1 is 1.14 bits per heavy atom. The summed E-state index contributed by atoms with van der Waals surface area (Å²) in [6.07, 6.45) is 2.56. The van der Waals surface area contributed by atoms with Gasteiger partial charge in [-0.3, -0.25) is 4.79 Å². The average Bonchev–Trinajstić information content (AvgIpc) is 3.53. The highest BCUT2D eigenvalue weighted by Gasteiger charge is 2.32. The lowest BCUT2D eigenvalue weighted by molar-refractivity contribution is -0.0440. The first-order valence-corrected chi connectivity index (χ1v) is 14.0. The first kappa shape index (κ1) is 25.3. The predicted octanol–water partition coefficient (Wildman–Crippen LogP) is 4.68. The Balaban J connectivity index is 1.45. The number of aromatic nitrogens is 1. The molecule has 5 rings (SSSR count). The van der Waals surface area contributed by atoms with Crippen LogP contribution in [0.15, 0.2) is 75.3 Å². The summed E-state index contributed by atoms with van der Waals surface area (Å²) in [4.78, 5) is 18.3. The fourth-order valence-electron chi connectivity index (χ4n) is 4.15. The van der Waals surface area contributed by atoms with Gasteiger partial charge in [0, 0.05) is 18.7 Å². The third-order valence-electron chi connectivity index (χ3n) is 5.87. The van der Waals surface area contributed by atoms with Crippen LogP contribution >= 0.6 is 11.3 Å². The summed E-state index contributed by atoms with van der Waals surface area (Å²) in [5, 5.41) is 5.96. The van der Waals surface area contributed by atoms with E-state index in [0.717, 1.165) is 15.8 Å². The van der Waals surface area contributed by atoms with E-state index in [1.165, 1.54) is 57.4 Å². The van der Waals surface area contributed by atoms with Crippen molar-refractivity contribution in [2.75, 3.05) is 18.1 Å². The second kappa shape index (κ2) is 10.2. The van der Waals surface area contributed by atoms with E-state index in [2.05, 4.69) is 10.1 Å². The zero-order chi connectivity index (χ0) is 26.2. The molecular formula is C26H26N4O5S2. The van der Waals surface area contributed by atoms with Crippen LogP contribution in [0.4, 0.5) is 5.13 Å². The summed E-state index contributed by atoms with van der Waals surface area (Å²) in [7, 11) is -3.73. The molecule has 3 heterocycles. The number of aryl methyl sites for hydroxylation is 1. The van der Waals surface area contributed by atoms with Crippen molar-refractivity contribution >= 4 is 48.8 Å². The molecule has 2 aromatic heterocycles. The zero-order valence-corrected chi connectivity index (χ0v) is 22.2. The van der Waals surface area contributed by atoms with Gasteiger partial charge in [0.25, 0.3) is 5.91 Å². The Hall–Kier alpha value is -3.38. The van der Waals surface area contributed by atoms with Gasteiger partial charge in [0.15, 0.2) is 0 Å². The molecular weight excluding hydrogens is 512 g/mol. The molecule has 0 N–H and O–H groups in total. The summed E-state index contributed by atoms with van der Waals surface area (Å²) in [5.41, 5.74) is 2.11. The molecule has 192 valence electrons. The molecule has 4 aromatic rings. The van der Waals surface area contributed by atoms with E-state index in [1.807, 2.05) is 39.0 Å².